The number of halogens is 1. The molecule has 0 aliphatic heterocycles. The second kappa shape index (κ2) is 8.77. The molecule has 0 saturated heterocycles. The number of thioether (sulfide) groups is 1. The third kappa shape index (κ3) is 4.81. The molecule has 0 bridgehead atoms. The monoisotopic (exact) mass is 418 g/mol. The van der Waals surface area contributed by atoms with E-state index in [0.29, 0.717) is 11.0 Å². The Bertz CT molecular complexity index is 1010. The Morgan fingerprint density at radius 1 is 1.25 bits per heavy atom. The first-order chi connectivity index (χ1) is 13.5. The molecule has 10 heteroatoms. The van der Waals surface area contributed by atoms with E-state index in [2.05, 4.69) is 20.5 Å². The topological polar surface area (TPSA) is 117 Å². The predicted molar refractivity (Wildman–Crippen MR) is 106 cm³/mol. The highest BCUT2D eigenvalue weighted by Crippen LogP contribution is 2.25. The number of aromatic amines is 1. The molecule has 0 spiro atoms. The van der Waals surface area contributed by atoms with Gasteiger partial charge in [0.2, 0.25) is 11.1 Å². The van der Waals surface area contributed by atoms with Crippen LogP contribution in [0, 0.1) is 0 Å². The summed E-state index contributed by atoms with van der Waals surface area (Å²) < 4.78 is 5.12. The largest absolute Gasteiger partial charge is 0.497 e. The number of nitrogens with one attached hydrogen (secondary N) is 2. The molecule has 3 rings (SSSR count). The minimum Gasteiger partial charge on any atom is -0.497 e. The number of aromatic nitrogens is 3. The van der Waals surface area contributed by atoms with Crippen molar-refractivity contribution < 1.29 is 19.4 Å². The van der Waals surface area contributed by atoms with Crippen molar-refractivity contribution >= 4 is 40.9 Å². The van der Waals surface area contributed by atoms with Crippen LogP contribution >= 0.6 is 23.4 Å². The highest BCUT2D eigenvalue weighted by atomic mass is 35.5. The molecule has 1 amide bonds. The van der Waals surface area contributed by atoms with Crippen LogP contribution in [0.25, 0.3) is 11.4 Å². The van der Waals surface area contributed by atoms with E-state index in [0.717, 1.165) is 23.1 Å². The Hall–Kier alpha value is -3.04. The van der Waals surface area contributed by atoms with E-state index in [9.17, 15) is 9.59 Å². The summed E-state index contributed by atoms with van der Waals surface area (Å²) in [5.74, 6) is -0.116. The zero-order valence-electron chi connectivity index (χ0n) is 14.6. The van der Waals surface area contributed by atoms with Crippen LogP contribution in [-0.2, 0) is 4.79 Å². The summed E-state index contributed by atoms with van der Waals surface area (Å²) in [7, 11) is 1.59. The predicted octanol–water partition coefficient (Wildman–Crippen LogP) is 3.56. The van der Waals surface area contributed by atoms with Crippen molar-refractivity contribution in [1.82, 2.24) is 15.2 Å². The van der Waals surface area contributed by atoms with Gasteiger partial charge in [-0.05, 0) is 42.5 Å². The smallest absolute Gasteiger partial charge is 0.335 e. The minimum absolute atomic E-state index is 0.0328. The van der Waals surface area contributed by atoms with E-state index < -0.39 is 5.97 Å². The molecular formula is C18H15ClN4O4S. The second-order valence-corrected chi connectivity index (χ2v) is 6.88. The molecule has 0 unspecified atom stereocenters. The number of hydrogen-bond acceptors (Lipinski definition) is 6. The number of aromatic carboxylic acids is 1. The lowest BCUT2D eigenvalue weighted by molar-refractivity contribution is -0.113. The van der Waals surface area contributed by atoms with E-state index >= 15 is 0 Å². The number of rotatable bonds is 7. The zero-order chi connectivity index (χ0) is 20.1. The summed E-state index contributed by atoms with van der Waals surface area (Å²) in [6, 6.07) is 11.4. The molecule has 2 aromatic carbocycles. The van der Waals surface area contributed by atoms with Gasteiger partial charge in [0.25, 0.3) is 0 Å². The summed E-state index contributed by atoms with van der Waals surface area (Å²) in [4.78, 5) is 27.5. The molecule has 0 aliphatic rings. The first-order valence-corrected chi connectivity index (χ1v) is 9.35. The quantitative estimate of drug-likeness (QED) is 0.502. The molecule has 3 N–H and O–H groups in total. The Labute approximate surface area is 169 Å². The van der Waals surface area contributed by atoms with Crippen molar-refractivity contribution in [2.24, 2.45) is 0 Å². The summed E-state index contributed by atoms with van der Waals surface area (Å²) >= 11 is 7.14. The lowest BCUT2D eigenvalue weighted by Gasteiger charge is -2.07. The van der Waals surface area contributed by atoms with E-state index in [-0.39, 0.29) is 27.9 Å². The second-order valence-electron chi connectivity index (χ2n) is 5.53. The lowest BCUT2D eigenvalue weighted by atomic mass is 10.2. The van der Waals surface area contributed by atoms with Crippen molar-refractivity contribution in [3.05, 3.63) is 53.1 Å². The average molecular weight is 419 g/mol. The van der Waals surface area contributed by atoms with E-state index in [4.69, 9.17) is 21.4 Å². The molecule has 1 heterocycles. The number of methoxy groups -OCH3 is 1. The van der Waals surface area contributed by atoms with Gasteiger partial charge >= 0.3 is 5.97 Å². The zero-order valence-corrected chi connectivity index (χ0v) is 16.2. The number of hydrogen-bond donors (Lipinski definition) is 3. The number of anilines is 1. The van der Waals surface area contributed by atoms with E-state index in [1.807, 2.05) is 24.3 Å². The van der Waals surface area contributed by atoms with Crippen LogP contribution in [0.3, 0.4) is 0 Å². The third-order valence-corrected chi connectivity index (χ3v) is 4.82. The number of nitrogens with zero attached hydrogens (tertiary/aromatic N) is 2. The molecule has 0 radical (unpaired) electrons. The number of carbonyl (C=O) groups is 2. The maximum Gasteiger partial charge on any atom is 0.335 e. The fourth-order valence-electron chi connectivity index (χ4n) is 2.26. The van der Waals surface area contributed by atoms with Gasteiger partial charge in [0.1, 0.15) is 5.75 Å². The van der Waals surface area contributed by atoms with Gasteiger partial charge in [0.05, 0.1) is 29.1 Å². The Morgan fingerprint density at radius 2 is 2.00 bits per heavy atom. The number of carbonyl (C=O) groups excluding carboxylic acids is 1. The SMILES string of the molecule is COc1ccc(-c2nc(SCC(=O)Nc3cc(C(=O)O)ccc3Cl)n[nH]2)cc1. The van der Waals surface area contributed by atoms with Gasteiger partial charge in [-0.1, -0.05) is 23.4 Å². The molecule has 0 atom stereocenters. The molecule has 3 aromatic rings. The number of H-pyrrole nitrogens is 1. The third-order valence-electron chi connectivity index (χ3n) is 3.65. The van der Waals surface area contributed by atoms with Crippen LogP contribution in [0.5, 0.6) is 5.75 Å². The maximum absolute atomic E-state index is 12.1. The Morgan fingerprint density at radius 3 is 2.68 bits per heavy atom. The van der Waals surface area contributed by atoms with Gasteiger partial charge in [-0.25, -0.2) is 9.78 Å². The van der Waals surface area contributed by atoms with E-state index in [1.165, 1.54) is 18.2 Å². The van der Waals surface area contributed by atoms with Crippen LogP contribution in [0.1, 0.15) is 10.4 Å². The van der Waals surface area contributed by atoms with Crippen molar-refractivity contribution in [2.45, 2.75) is 5.16 Å². The summed E-state index contributed by atoms with van der Waals surface area (Å²) in [5, 5.41) is 19.2. The van der Waals surface area contributed by atoms with Crippen LogP contribution in [0.15, 0.2) is 47.6 Å². The number of carboxylic acids is 1. The fraction of sp³-hybridized carbons (Fsp3) is 0.111. The van der Waals surface area contributed by atoms with Gasteiger partial charge < -0.3 is 15.2 Å². The molecule has 144 valence electrons. The number of ether oxygens (including phenoxy) is 1. The highest BCUT2D eigenvalue weighted by Gasteiger charge is 2.12. The molecule has 0 aliphatic carbocycles. The summed E-state index contributed by atoms with van der Waals surface area (Å²) in [6.45, 7) is 0. The summed E-state index contributed by atoms with van der Waals surface area (Å²) in [6.07, 6.45) is 0. The number of amides is 1. The van der Waals surface area contributed by atoms with Crippen LogP contribution in [0.2, 0.25) is 5.02 Å². The molecule has 0 saturated carbocycles. The van der Waals surface area contributed by atoms with Gasteiger partial charge in [-0.15, -0.1) is 5.10 Å². The summed E-state index contributed by atoms with van der Waals surface area (Å²) in [5.41, 5.74) is 1.10. The van der Waals surface area contributed by atoms with Crippen molar-refractivity contribution in [3.63, 3.8) is 0 Å². The molecule has 0 fully saturated rings. The number of benzene rings is 2. The number of carboxylic acid groups (broad SMARTS) is 1. The maximum atomic E-state index is 12.1. The molecule has 28 heavy (non-hydrogen) atoms. The van der Waals surface area contributed by atoms with Crippen molar-refractivity contribution in [3.8, 4) is 17.1 Å². The van der Waals surface area contributed by atoms with Crippen LogP contribution in [0.4, 0.5) is 5.69 Å². The van der Waals surface area contributed by atoms with Gasteiger partial charge in [0.15, 0.2) is 5.82 Å². The molecule has 8 nitrogen and oxygen atoms in total. The molecule has 1 aromatic heterocycles. The standard InChI is InChI=1S/C18H15ClN4O4S/c1-27-12-5-2-10(3-6-12)16-21-18(23-22-16)28-9-15(24)20-14-8-11(17(25)26)4-7-13(14)19/h2-8H,9H2,1H3,(H,20,24)(H,25,26)(H,21,22,23). The van der Waals surface area contributed by atoms with Crippen LogP contribution < -0.4 is 10.1 Å². The van der Waals surface area contributed by atoms with E-state index in [1.54, 1.807) is 7.11 Å². The average Bonchev–Trinajstić information content (AvgIpc) is 3.17. The van der Waals surface area contributed by atoms with Crippen molar-refractivity contribution in [2.75, 3.05) is 18.2 Å². The first-order valence-electron chi connectivity index (χ1n) is 7.98. The Kier molecular flexibility index (Phi) is 6.17. The van der Waals surface area contributed by atoms with Crippen LogP contribution in [-0.4, -0.2) is 45.0 Å². The van der Waals surface area contributed by atoms with Gasteiger partial charge in [-0.3, -0.25) is 9.89 Å². The highest BCUT2D eigenvalue weighted by molar-refractivity contribution is 7.99. The van der Waals surface area contributed by atoms with Gasteiger partial charge in [0, 0.05) is 5.56 Å². The molecular weight excluding hydrogens is 404 g/mol. The Balaban J connectivity index is 1.60. The minimum atomic E-state index is -1.10. The first kappa shape index (κ1) is 19.7. The van der Waals surface area contributed by atoms with Gasteiger partial charge in [-0.2, -0.15) is 0 Å². The lowest BCUT2D eigenvalue weighted by Crippen LogP contribution is -2.15. The van der Waals surface area contributed by atoms with Crippen molar-refractivity contribution in [1.29, 1.82) is 0 Å². The fourth-order valence-corrected chi connectivity index (χ4v) is 3.02. The normalized spacial score (nSPS) is 10.5.